The summed E-state index contributed by atoms with van der Waals surface area (Å²) in [5.41, 5.74) is 5.26. The maximum Gasteiger partial charge on any atom is 0.344 e. The van der Waals surface area contributed by atoms with Gasteiger partial charge in [0.25, 0.3) is 11.8 Å². The highest BCUT2D eigenvalue weighted by Crippen LogP contribution is 2.31. The second-order valence-electron chi connectivity index (χ2n) is 8.43. The first-order chi connectivity index (χ1) is 16.4. The summed E-state index contributed by atoms with van der Waals surface area (Å²) in [6, 6.07) is 26.5. The van der Waals surface area contributed by atoms with Crippen LogP contribution >= 0.6 is 0 Å². The molecule has 1 aliphatic heterocycles. The highest BCUT2D eigenvalue weighted by molar-refractivity contribution is 6.08. The smallest absolute Gasteiger partial charge is 0.318 e. The Morgan fingerprint density at radius 3 is 2.24 bits per heavy atom. The van der Waals surface area contributed by atoms with Crippen LogP contribution in [0.3, 0.4) is 0 Å². The Balaban J connectivity index is 1.43. The molecular weight excluding hydrogens is 428 g/mol. The largest absolute Gasteiger partial charge is 0.344 e. The van der Waals surface area contributed by atoms with Crippen LogP contribution in [0.2, 0.25) is 0 Å². The van der Waals surface area contributed by atoms with Gasteiger partial charge in [-0.3, -0.25) is 19.9 Å². The molecule has 1 aliphatic rings. The Kier molecular flexibility index (Phi) is 6.75. The molecule has 1 saturated heterocycles. The summed E-state index contributed by atoms with van der Waals surface area (Å²) in [6.07, 6.45) is 0.365. The van der Waals surface area contributed by atoms with E-state index in [2.05, 4.69) is 28.9 Å². The fraction of sp³-hybridized carbons (Fsp3) is 0.222. The molecule has 2 N–H and O–H groups in total. The number of hydrogen-bond donors (Lipinski definition) is 2. The summed E-state index contributed by atoms with van der Waals surface area (Å²) >= 11 is 0. The van der Waals surface area contributed by atoms with Gasteiger partial charge in [0.1, 0.15) is 5.54 Å². The summed E-state index contributed by atoms with van der Waals surface area (Å²) in [7, 11) is 1.83. The van der Waals surface area contributed by atoms with Crippen molar-refractivity contribution in [1.29, 1.82) is 0 Å². The lowest BCUT2D eigenvalue weighted by molar-refractivity contribution is -0.139. The molecule has 0 aromatic heterocycles. The monoisotopic (exact) mass is 456 g/mol. The highest BCUT2D eigenvalue weighted by Gasteiger charge is 2.52. The summed E-state index contributed by atoms with van der Waals surface area (Å²) in [5.74, 6) is -0.931. The van der Waals surface area contributed by atoms with Gasteiger partial charge < -0.3 is 5.32 Å². The number of hydrazine groups is 1. The molecule has 3 aromatic carbocycles. The van der Waals surface area contributed by atoms with Gasteiger partial charge in [0.2, 0.25) is 0 Å². The van der Waals surface area contributed by atoms with Crippen LogP contribution in [0.4, 0.5) is 4.79 Å². The number of imide groups is 1. The molecular formula is C27H28N4O3. The normalized spacial score (nSPS) is 17.7. The predicted molar refractivity (Wildman–Crippen MR) is 130 cm³/mol. The maximum absolute atomic E-state index is 13.2. The predicted octanol–water partition coefficient (Wildman–Crippen LogP) is 3.67. The van der Waals surface area contributed by atoms with Crippen molar-refractivity contribution in [3.63, 3.8) is 0 Å². The molecule has 7 heteroatoms. The molecule has 1 unspecified atom stereocenters. The van der Waals surface area contributed by atoms with Crippen LogP contribution in [0, 0.1) is 0 Å². The van der Waals surface area contributed by atoms with Crippen LogP contribution in [0.15, 0.2) is 84.9 Å². The molecule has 0 aliphatic carbocycles. The number of nitrogens with zero attached hydrogens (tertiary/aromatic N) is 2. The second-order valence-corrected chi connectivity index (χ2v) is 8.43. The summed E-state index contributed by atoms with van der Waals surface area (Å²) in [6.45, 7) is 2.38. The van der Waals surface area contributed by atoms with E-state index < -0.39 is 23.4 Å². The van der Waals surface area contributed by atoms with Crippen molar-refractivity contribution in [3.05, 3.63) is 96.1 Å². The van der Waals surface area contributed by atoms with Gasteiger partial charge in [0, 0.05) is 6.54 Å². The highest BCUT2D eigenvalue weighted by atomic mass is 16.2. The fourth-order valence-electron chi connectivity index (χ4n) is 4.35. The van der Waals surface area contributed by atoms with E-state index in [4.69, 9.17) is 0 Å². The van der Waals surface area contributed by atoms with Crippen molar-refractivity contribution >= 4 is 17.8 Å². The van der Waals surface area contributed by atoms with Gasteiger partial charge in [-0.2, -0.15) is 5.01 Å². The van der Waals surface area contributed by atoms with Crippen LogP contribution in [-0.2, 0) is 21.7 Å². The Hall–Kier alpha value is -3.97. The van der Waals surface area contributed by atoms with E-state index in [9.17, 15) is 14.4 Å². The number of nitrogens with one attached hydrogen (secondary N) is 2. The average Bonchev–Trinajstić information content (AvgIpc) is 3.10. The molecule has 7 nitrogen and oxygen atoms in total. The van der Waals surface area contributed by atoms with Gasteiger partial charge in [0.05, 0.1) is 6.54 Å². The minimum atomic E-state index is -1.19. The second kappa shape index (κ2) is 9.89. The van der Waals surface area contributed by atoms with Crippen molar-refractivity contribution in [2.45, 2.75) is 25.4 Å². The molecule has 4 amide bonds. The zero-order valence-corrected chi connectivity index (χ0v) is 19.3. The number of rotatable bonds is 8. The van der Waals surface area contributed by atoms with E-state index in [0.717, 1.165) is 21.7 Å². The van der Waals surface area contributed by atoms with Crippen molar-refractivity contribution in [3.8, 4) is 11.1 Å². The van der Waals surface area contributed by atoms with Gasteiger partial charge >= 0.3 is 6.03 Å². The lowest BCUT2D eigenvalue weighted by Gasteiger charge is -2.25. The van der Waals surface area contributed by atoms with Crippen LogP contribution < -0.4 is 10.7 Å². The van der Waals surface area contributed by atoms with Gasteiger partial charge in [0.15, 0.2) is 0 Å². The zero-order chi connectivity index (χ0) is 24.1. The van der Waals surface area contributed by atoms with Gasteiger partial charge in [-0.25, -0.2) is 4.79 Å². The molecule has 4 rings (SSSR count). The van der Waals surface area contributed by atoms with Crippen molar-refractivity contribution < 1.29 is 14.4 Å². The topological polar surface area (TPSA) is 81.8 Å². The Bertz CT molecular complexity index is 1180. The summed E-state index contributed by atoms with van der Waals surface area (Å²) < 4.78 is 0. The third-order valence-corrected chi connectivity index (χ3v) is 6.08. The minimum absolute atomic E-state index is 0.0185. The number of carbonyl (C=O) groups is 3. The molecule has 34 heavy (non-hydrogen) atoms. The number of urea groups is 1. The first kappa shape index (κ1) is 23.2. The number of amides is 4. The maximum atomic E-state index is 13.2. The van der Waals surface area contributed by atoms with E-state index in [1.807, 2.05) is 73.5 Å². The minimum Gasteiger partial charge on any atom is -0.318 e. The molecule has 1 heterocycles. The fourth-order valence-corrected chi connectivity index (χ4v) is 4.35. The van der Waals surface area contributed by atoms with Crippen LogP contribution in [0.1, 0.15) is 24.5 Å². The first-order valence-corrected chi connectivity index (χ1v) is 11.3. The molecule has 1 fully saturated rings. The SMILES string of the molecule is CCC1(c2ccccc2)NC(=O)N(NC(=O)CN(C)Cc2ccccc2-c2ccccc2)C1=O. The van der Waals surface area contributed by atoms with Crippen LogP contribution in [0.5, 0.6) is 0 Å². The van der Waals surface area contributed by atoms with Gasteiger partial charge in [-0.05, 0) is 35.7 Å². The molecule has 0 radical (unpaired) electrons. The van der Waals surface area contributed by atoms with E-state index in [1.165, 1.54) is 0 Å². The molecule has 0 spiro atoms. The van der Waals surface area contributed by atoms with Crippen molar-refractivity contribution in [2.75, 3.05) is 13.6 Å². The molecule has 174 valence electrons. The number of hydrogen-bond acceptors (Lipinski definition) is 4. The molecule has 3 aromatic rings. The number of likely N-dealkylation sites (N-methyl/N-ethyl adjacent to an activating group) is 1. The molecule has 1 atom stereocenters. The number of carbonyl (C=O) groups excluding carboxylic acids is 3. The van der Waals surface area contributed by atoms with E-state index >= 15 is 0 Å². The van der Waals surface area contributed by atoms with Crippen LogP contribution in [-0.4, -0.2) is 41.3 Å². The summed E-state index contributed by atoms with van der Waals surface area (Å²) in [4.78, 5) is 40.4. The van der Waals surface area contributed by atoms with Gasteiger partial charge in [-0.1, -0.05) is 91.9 Å². The third kappa shape index (κ3) is 4.56. The van der Waals surface area contributed by atoms with E-state index in [-0.39, 0.29) is 6.54 Å². The Morgan fingerprint density at radius 1 is 0.941 bits per heavy atom. The lowest BCUT2D eigenvalue weighted by atomic mass is 9.87. The lowest BCUT2D eigenvalue weighted by Crippen LogP contribution is -2.50. The van der Waals surface area contributed by atoms with Crippen molar-refractivity contribution in [1.82, 2.24) is 20.7 Å². The third-order valence-electron chi connectivity index (χ3n) is 6.08. The van der Waals surface area contributed by atoms with Crippen molar-refractivity contribution in [2.24, 2.45) is 0 Å². The molecule has 0 saturated carbocycles. The number of benzene rings is 3. The average molecular weight is 457 g/mol. The standard InChI is InChI=1S/C27H28N4O3/c1-3-27(22-15-8-5-9-16-22)25(33)31(26(34)28-27)29-24(32)19-30(2)18-21-14-10-11-17-23(21)20-12-6-4-7-13-20/h4-17H,3,18-19H2,1-2H3,(H,28,34)(H,29,32). The first-order valence-electron chi connectivity index (χ1n) is 11.3. The van der Waals surface area contributed by atoms with Crippen LogP contribution in [0.25, 0.3) is 11.1 Å². The summed E-state index contributed by atoms with van der Waals surface area (Å²) in [5, 5.41) is 3.56. The Labute approximate surface area is 199 Å². The Morgan fingerprint density at radius 2 is 1.56 bits per heavy atom. The van der Waals surface area contributed by atoms with Gasteiger partial charge in [-0.15, -0.1) is 0 Å². The zero-order valence-electron chi connectivity index (χ0n) is 19.3. The molecule has 0 bridgehead atoms. The van der Waals surface area contributed by atoms with E-state index in [1.54, 1.807) is 12.1 Å². The van der Waals surface area contributed by atoms with E-state index in [0.29, 0.717) is 18.5 Å². The quantitative estimate of drug-likeness (QED) is 0.507.